The number of anilines is 2. The first-order valence-electron chi connectivity index (χ1n) is 31.6. The van der Waals surface area contributed by atoms with Crippen molar-refractivity contribution in [3.63, 3.8) is 0 Å². The number of aromatic amines is 1. The summed E-state index contributed by atoms with van der Waals surface area (Å²) in [6, 6.07) is 2.89. The Morgan fingerprint density at radius 1 is 0.621 bits per heavy atom. The van der Waals surface area contributed by atoms with E-state index in [0.717, 1.165) is 54.1 Å². The van der Waals surface area contributed by atoms with Crippen LogP contribution in [0.2, 0.25) is 0 Å². The number of rotatable bonds is 44. The molecular formula is C59H94N8O17P2S. The van der Waals surface area contributed by atoms with Gasteiger partial charge in [-0.15, -0.1) is 11.8 Å². The van der Waals surface area contributed by atoms with E-state index in [4.69, 9.17) is 32.3 Å². The van der Waals surface area contributed by atoms with E-state index in [1.165, 1.54) is 182 Å². The lowest BCUT2D eigenvalue weighted by molar-refractivity contribution is -0.117. The number of carbonyl (C=O) groups excluding carboxylic acids is 2. The highest BCUT2D eigenvalue weighted by molar-refractivity contribution is 8.00. The van der Waals surface area contributed by atoms with E-state index in [0.29, 0.717) is 12.8 Å². The van der Waals surface area contributed by atoms with Crippen LogP contribution in [-0.4, -0.2) is 99.6 Å². The zero-order valence-corrected chi connectivity index (χ0v) is 53.6. The fraction of sp³-hybridized carbons (Fsp3) is 0.729. The minimum absolute atomic E-state index is 0.00678. The van der Waals surface area contributed by atoms with Crippen LogP contribution >= 0.6 is 27.4 Å². The number of ether oxygens (including phenoxy) is 3. The van der Waals surface area contributed by atoms with Crippen molar-refractivity contribution in [2.24, 2.45) is 0 Å². The van der Waals surface area contributed by atoms with Crippen molar-refractivity contribution in [2.45, 2.75) is 249 Å². The van der Waals surface area contributed by atoms with E-state index in [1.807, 2.05) is 0 Å². The Bertz CT molecular complexity index is 2960. The smallest absolute Gasteiger partial charge is 0.349 e. The van der Waals surface area contributed by atoms with Crippen molar-refractivity contribution >= 4 is 50.9 Å². The van der Waals surface area contributed by atoms with Gasteiger partial charge in [-0.3, -0.25) is 51.2 Å². The third-order valence-corrected chi connectivity index (χ3v) is 18.5. The van der Waals surface area contributed by atoms with Crippen molar-refractivity contribution in [3.8, 4) is 0 Å². The molecule has 3 aromatic heterocycles. The largest absolute Gasteiger partial charge is 0.472 e. The average Bonchev–Trinajstić information content (AvgIpc) is 2.06. The number of hydrogen-bond acceptors (Lipinski definition) is 18. The van der Waals surface area contributed by atoms with Crippen molar-refractivity contribution in [1.29, 1.82) is 0 Å². The molecule has 0 bridgehead atoms. The average molecular weight is 1280 g/mol. The molecule has 488 valence electrons. The number of carbonyl (C=O) groups is 2. The van der Waals surface area contributed by atoms with E-state index in [-0.39, 0.29) is 47.6 Å². The maximum absolute atomic E-state index is 13.5. The van der Waals surface area contributed by atoms with Gasteiger partial charge < -0.3 is 34.6 Å². The number of nitrogens with zero attached hydrogens (tertiary/aromatic N) is 5. The minimum atomic E-state index is -5.02. The molecule has 6 rings (SSSR count). The quantitative estimate of drug-likeness (QED) is 0.0199. The maximum Gasteiger partial charge on any atom is 0.472 e. The van der Waals surface area contributed by atoms with E-state index in [9.17, 15) is 47.7 Å². The summed E-state index contributed by atoms with van der Waals surface area (Å²) in [6.07, 6.45) is 31.3. The van der Waals surface area contributed by atoms with Gasteiger partial charge in [-0.2, -0.15) is 9.97 Å². The summed E-state index contributed by atoms with van der Waals surface area (Å²) in [4.78, 5) is 108. The van der Waals surface area contributed by atoms with Crippen LogP contribution in [0.25, 0.3) is 0 Å². The SMILES string of the molecule is CCCCCCCCCCCCCCCC(=O)Nc1ccn(C2CSC(COP(=O)(O)OCC3OC(n4ccc(NC(=O)CCCCCCCCCCCCCCC)nc4=O)CC3OP(=O)(O)OCC3C=CC(n4cc(C)c(=O)[nH]c4=O)O3)O2)c(=O)n1. The summed E-state index contributed by atoms with van der Waals surface area (Å²) in [5, 5.41) is 5.35. The molecule has 87 heavy (non-hydrogen) atoms. The normalized spacial score (nSPS) is 21.5. The van der Waals surface area contributed by atoms with Crippen molar-refractivity contribution in [1.82, 2.24) is 28.7 Å². The molecule has 3 aromatic rings. The van der Waals surface area contributed by atoms with Crippen LogP contribution in [0.15, 0.2) is 62.1 Å². The van der Waals surface area contributed by atoms with E-state index < -0.39 is 101 Å². The van der Waals surface area contributed by atoms with Gasteiger partial charge in [0.25, 0.3) is 5.56 Å². The van der Waals surface area contributed by atoms with E-state index in [2.05, 4.69) is 39.4 Å². The first-order chi connectivity index (χ1) is 41.9. The highest BCUT2D eigenvalue weighted by Crippen LogP contribution is 2.50. The van der Waals surface area contributed by atoms with Crippen LogP contribution in [0.4, 0.5) is 11.6 Å². The molecule has 2 amide bonds. The van der Waals surface area contributed by atoms with Crippen molar-refractivity contribution in [2.75, 3.05) is 36.2 Å². The van der Waals surface area contributed by atoms with E-state index in [1.54, 1.807) is 0 Å². The Balaban J connectivity index is 0.958. The summed E-state index contributed by atoms with van der Waals surface area (Å²) in [7, 11) is -9.96. The number of aryl methyl sites for hydroxylation is 1. The lowest BCUT2D eigenvalue weighted by Crippen LogP contribution is -2.33. The monoisotopic (exact) mass is 1280 g/mol. The lowest BCUT2D eigenvalue weighted by Gasteiger charge is -2.23. The molecule has 25 nitrogen and oxygen atoms in total. The number of hydrogen-bond donors (Lipinski definition) is 5. The third-order valence-electron chi connectivity index (χ3n) is 15.4. The second-order valence-corrected chi connectivity index (χ2v) is 26.8. The van der Waals surface area contributed by atoms with Gasteiger partial charge in [0.1, 0.15) is 47.8 Å². The summed E-state index contributed by atoms with van der Waals surface area (Å²) in [6.45, 7) is 4.18. The zero-order chi connectivity index (χ0) is 62.4. The Kier molecular flexibility index (Phi) is 31.5. The Labute approximate surface area is 514 Å². The molecule has 2 saturated heterocycles. The zero-order valence-electron chi connectivity index (χ0n) is 51.0. The predicted octanol–water partition coefficient (Wildman–Crippen LogP) is 11.2. The first-order valence-corrected chi connectivity index (χ1v) is 35.6. The van der Waals surface area contributed by atoms with E-state index >= 15 is 0 Å². The van der Waals surface area contributed by atoms with Crippen molar-refractivity contribution < 1.29 is 60.8 Å². The van der Waals surface area contributed by atoms with Gasteiger partial charge in [0, 0.05) is 49.2 Å². The van der Waals surface area contributed by atoms with Crippen LogP contribution < -0.4 is 33.3 Å². The summed E-state index contributed by atoms with van der Waals surface area (Å²) < 4.78 is 69.6. The number of phosphoric acid groups is 2. The summed E-state index contributed by atoms with van der Waals surface area (Å²) in [5.74, 6) is -0.171. The highest BCUT2D eigenvalue weighted by Gasteiger charge is 2.44. The van der Waals surface area contributed by atoms with Gasteiger partial charge in [0.15, 0.2) is 6.23 Å². The topological polar surface area (TPSA) is 322 Å². The van der Waals surface area contributed by atoms with Gasteiger partial charge in [-0.1, -0.05) is 174 Å². The molecule has 5 N–H and O–H groups in total. The van der Waals surface area contributed by atoms with Gasteiger partial charge in [-0.25, -0.2) is 23.5 Å². The molecule has 2 fully saturated rings. The molecule has 0 spiro atoms. The lowest BCUT2D eigenvalue weighted by atomic mass is 10.0. The number of aromatic nitrogens is 6. The van der Waals surface area contributed by atoms with Crippen molar-refractivity contribution in [3.05, 3.63) is 90.2 Å². The standard InChI is InChI=1S/C59H94N8O17P2S/c1-4-6-8-10-12-14-16-18-20-22-24-26-28-30-50(68)60-48-34-36-65(57(71)62-48)53-38-46(84-86(76,77)78-40-45-32-33-52(81-45)67-39-44(3)56(70)64-59(67)73)47(82-53)41-79-85(74,75)80-42-55-83-54(43-87-55)66-37-35-49(63-58(66)72)61-51(69)31-29-27-25-23-21-19-17-15-13-11-9-7-5-2/h32-37,39,45-47,52-55H,4-31,38,40-43H2,1-3H3,(H,74,75)(H,76,77)(H,64,70,73)(H,60,62,68,71)(H,61,63,69,72). The third kappa shape index (κ3) is 26.1. The molecule has 9 atom stereocenters. The van der Waals surface area contributed by atoms with Crippen LogP contribution in [0.3, 0.4) is 0 Å². The molecule has 3 aliphatic rings. The number of thioether (sulfide) groups is 1. The minimum Gasteiger partial charge on any atom is -0.349 e. The van der Waals surface area contributed by atoms with Gasteiger partial charge in [0.05, 0.1) is 19.8 Å². The molecule has 0 radical (unpaired) electrons. The number of unbranched alkanes of at least 4 members (excludes halogenated alkanes) is 24. The Morgan fingerprint density at radius 3 is 1.60 bits per heavy atom. The van der Waals surface area contributed by atoms with Gasteiger partial charge in [-0.05, 0) is 38.0 Å². The fourth-order valence-electron chi connectivity index (χ4n) is 10.5. The molecular weight excluding hydrogens is 1190 g/mol. The first kappa shape index (κ1) is 71.6. The summed E-state index contributed by atoms with van der Waals surface area (Å²) >= 11 is 1.20. The molecule has 3 aliphatic heterocycles. The van der Waals surface area contributed by atoms with Crippen LogP contribution in [0.1, 0.15) is 224 Å². The number of nitrogens with one attached hydrogen (secondary N) is 3. The molecule has 0 aliphatic carbocycles. The predicted molar refractivity (Wildman–Crippen MR) is 331 cm³/mol. The molecule has 0 aromatic carbocycles. The Hall–Kier alpha value is -4.43. The molecule has 6 heterocycles. The molecule has 28 heteroatoms. The maximum atomic E-state index is 13.5. The molecule has 0 saturated carbocycles. The Morgan fingerprint density at radius 2 is 1.09 bits per heavy atom. The fourth-order valence-corrected chi connectivity index (χ4v) is 13.3. The van der Waals surface area contributed by atoms with Crippen LogP contribution in [0.5, 0.6) is 0 Å². The second kappa shape index (κ2) is 38.3. The highest BCUT2D eigenvalue weighted by atomic mass is 32.2. The van der Waals surface area contributed by atoms with Crippen LogP contribution in [0, 0.1) is 6.92 Å². The van der Waals surface area contributed by atoms with Crippen LogP contribution in [-0.2, 0) is 51.0 Å². The second-order valence-electron chi connectivity index (χ2n) is 22.7. The van der Waals surface area contributed by atoms with Gasteiger partial charge >= 0.3 is 32.7 Å². The summed E-state index contributed by atoms with van der Waals surface area (Å²) in [5.41, 5.74) is -3.41. The van der Waals surface area contributed by atoms with Gasteiger partial charge in [0.2, 0.25) is 11.8 Å². The number of H-pyrrole nitrogens is 1. The molecule has 9 unspecified atom stereocenters. The number of phosphoric ester groups is 2. The number of amides is 2.